The second-order valence-corrected chi connectivity index (χ2v) is 5.17. The number of aromatic nitrogens is 1. The zero-order valence-corrected chi connectivity index (χ0v) is 11.4. The summed E-state index contributed by atoms with van der Waals surface area (Å²) in [6.45, 7) is 1.80. The van der Waals surface area contributed by atoms with Gasteiger partial charge in [-0.3, -0.25) is 4.79 Å². The average Bonchev–Trinajstić information content (AvgIpc) is 3.03. The van der Waals surface area contributed by atoms with Gasteiger partial charge in [0.2, 0.25) is 5.91 Å². The summed E-state index contributed by atoms with van der Waals surface area (Å²) < 4.78 is 2.03. The zero-order chi connectivity index (χ0) is 13.8. The van der Waals surface area contributed by atoms with E-state index in [0.29, 0.717) is 0 Å². The van der Waals surface area contributed by atoms with E-state index in [0.717, 1.165) is 37.3 Å². The van der Waals surface area contributed by atoms with Gasteiger partial charge in [0.15, 0.2) is 0 Å². The number of amides is 1. The van der Waals surface area contributed by atoms with Crippen LogP contribution >= 0.6 is 0 Å². The van der Waals surface area contributed by atoms with Crippen molar-refractivity contribution in [3.8, 4) is 5.69 Å². The molecule has 1 atom stereocenters. The molecule has 1 aliphatic heterocycles. The highest BCUT2D eigenvalue weighted by molar-refractivity contribution is 5.93. The van der Waals surface area contributed by atoms with Crippen LogP contribution in [0.15, 0.2) is 48.8 Å². The summed E-state index contributed by atoms with van der Waals surface area (Å²) in [6, 6.07) is 11.9. The van der Waals surface area contributed by atoms with Crippen molar-refractivity contribution in [3.63, 3.8) is 0 Å². The van der Waals surface area contributed by atoms with Crippen molar-refractivity contribution in [2.75, 3.05) is 18.4 Å². The Bertz CT molecular complexity index is 571. The predicted molar refractivity (Wildman–Crippen MR) is 80.0 cm³/mol. The van der Waals surface area contributed by atoms with Crippen LogP contribution in [0.3, 0.4) is 0 Å². The number of piperidine rings is 1. The van der Waals surface area contributed by atoms with Gasteiger partial charge in [0.05, 0.1) is 5.92 Å². The Morgan fingerprint density at radius 2 is 2.10 bits per heavy atom. The molecular formula is C16H19N3O. The molecule has 2 N–H and O–H groups in total. The lowest BCUT2D eigenvalue weighted by Crippen LogP contribution is -2.37. The minimum absolute atomic E-state index is 0.0824. The van der Waals surface area contributed by atoms with Crippen LogP contribution in [0.25, 0.3) is 5.69 Å². The molecule has 2 heterocycles. The van der Waals surface area contributed by atoms with Crippen LogP contribution in [0.5, 0.6) is 0 Å². The topological polar surface area (TPSA) is 46.1 Å². The van der Waals surface area contributed by atoms with Gasteiger partial charge in [-0.1, -0.05) is 6.07 Å². The first-order valence-corrected chi connectivity index (χ1v) is 7.08. The number of anilines is 1. The first-order chi connectivity index (χ1) is 9.83. The minimum Gasteiger partial charge on any atom is -0.326 e. The van der Waals surface area contributed by atoms with Gasteiger partial charge < -0.3 is 15.2 Å². The Morgan fingerprint density at radius 3 is 2.85 bits per heavy atom. The zero-order valence-electron chi connectivity index (χ0n) is 11.4. The second-order valence-electron chi connectivity index (χ2n) is 5.17. The number of carbonyl (C=O) groups excluding carboxylic acids is 1. The van der Waals surface area contributed by atoms with Crippen LogP contribution in [-0.4, -0.2) is 23.6 Å². The van der Waals surface area contributed by atoms with Crippen LogP contribution < -0.4 is 10.6 Å². The molecule has 0 spiro atoms. The van der Waals surface area contributed by atoms with E-state index in [-0.39, 0.29) is 11.8 Å². The summed E-state index contributed by atoms with van der Waals surface area (Å²) in [5.74, 6) is 0.195. The maximum Gasteiger partial charge on any atom is 0.228 e. The molecule has 1 amide bonds. The van der Waals surface area contributed by atoms with E-state index in [4.69, 9.17) is 0 Å². The molecular weight excluding hydrogens is 250 g/mol. The van der Waals surface area contributed by atoms with Crippen LogP contribution in [0, 0.1) is 5.92 Å². The van der Waals surface area contributed by atoms with Gasteiger partial charge in [-0.25, -0.2) is 0 Å². The van der Waals surface area contributed by atoms with Crippen molar-refractivity contribution in [1.29, 1.82) is 0 Å². The van der Waals surface area contributed by atoms with Crippen LogP contribution in [0.4, 0.5) is 5.69 Å². The first kappa shape index (κ1) is 12.9. The fourth-order valence-corrected chi connectivity index (χ4v) is 2.57. The Balaban J connectivity index is 1.71. The normalized spacial score (nSPS) is 18.7. The van der Waals surface area contributed by atoms with Crippen molar-refractivity contribution >= 4 is 11.6 Å². The van der Waals surface area contributed by atoms with Crippen molar-refractivity contribution in [2.45, 2.75) is 12.8 Å². The molecule has 0 saturated carbocycles. The van der Waals surface area contributed by atoms with Gasteiger partial charge in [-0.15, -0.1) is 0 Å². The Morgan fingerprint density at radius 1 is 1.25 bits per heavy atom. The first-order valence-electron chi connectivity index (χ1n) is 7.08. The lowest BCUT2D eigenvalue weighted by atomic mass is 9.99. The van der Waals surface area contributed by atoms with E-state index < -0.39 is 0 Å². The van der Waals surface area contributed by atoms with Crippen molar-refractivity contribution < 1.29 is 4.79 Å². The SMILES string of the molecule is O=C(Nc1cccc(-n2cccc2)c1)C1CCCNC1. The Hall–Kier alpha value is -2.07. The van der Waals surface area contributed by atoms with Gasteiger partial charge in [0, 0.05) is 30.3 Å². The number of carbonyl (C=O) groups is 1. The van der Waals surface area contributed by atoms with Crippen LogP contribution in [0.1, 0.15) is 12.8 Å². The largest absolute Gasteiger partial charge is 0.326 e. The number of benzene rings is 1. The molecule has 2 aromatic rings. The smallest absolute Gasteiger partial charge is 0.228 e. The molecule has 0 radical (unpaired) electrons. The maximum absolute atomic E-state index is 12.2. The molecule has 1 unspecified atom stereocenters. The van der Waals surface area contributed by atoms with E-state index in [1.54, 1.807) is 0 Å². The van der Waals surface area contributed by atoms with Crippen LogP contribution in [-0.2, 0) is 4.79 Å². The quantitative estimate of drug-likeness (QED) is 0.899. The summed E-state index contributed by atoms with van der Waals surface area (Å²) >= 11 is 0. The fourth-order valence-electron chi connectivity index (χ4n) is 2.57. The Kier molecular flexibility index (Phi) is 3.83. The molecule has 1 fully saturated rings. The number of nitrogens with zero attached hydrogens (tertiary/aromatic N) is 1. The molecule has 1 aliphatic rings. The van der Waals surface area contributed by atoms with Gasteiger partial charge in [-0.05, 0) is 49.7 Å². The van der Waals surface area contributed by atoms with E-state index in [1.165, 1.54) is 0 Å². The molecule has 20 heavy (non-hydrogen) atoms. The van der Waals surface area contributed by atoms with Crippen molar-refractivity contribution in [2.24, 2.45) is 5.92 Å². The lowest BCUT2D eigenvalue weighted by Gasteiger charge is -2.22. The van der Waals surface area contributed by atoms with Gasteiger partial charge in [0.25, 0.3) is 0 Å². The molecule has 0 aliphatic carbocycles. The van der Waals surface area contributed by atoms with E-state index in [9.17, 15) is 4.79 Å². The minimum atomic E-state index is 0.0824. The highest BCUT2D eigenvalue weighted by atomic mass is 16.1. The van der Waals surface area contributed by atoms with E-state index in [2.05, 4.69) is 10.6 Å². The van der Waals surface area contributed by atoms with Gasteiger partial charge >= 0.3 is 0 Å². The third kappa shape index (κ3) is 2.91. The fraction of sp³-hybridized carbons (Fsp3) is 0.312. The molecule has 1 saturated heterocycles. The molecule has 0 bridgehead atoms. The summed E-state index contributed by atoms with van der Waals surface area (Å²) in [5, 5.41) is 6.29. The van der Waals surface area contributed by atoms with Crippen LogP contribution in [0.2, 0.25) is 0 Å². The number of hydrogen-bond donors (Lipinski definition) is 2. The summed E-state index contributed by atoms with van der Waals surface area (Å²) in [4.78, 5) is 12.2. The second kappa shape index (κ2) is 5.92. The van der Waals surface area contributed by atoms with Gasteiger partial charge in [-0.2, -0.15) is 0 Å². The van der Waals surface area contributed by atoms with E-state index >= 15 is 0 Å². The lowest BCUT2D eigenvalue weighted by molar-refractivity contribution is -0.120. The number of hydrogen-bond acceptors (Lipinski definition) is 2. The van der Waals surface area contributed by atoms with Crippen molar-refractivity contribution in [3.05, 3.63) is 48.8 Å². The molecule has 3 rings (SSSR count). The highest BCUT2D eigenvalue weighted by Gasteiger charge is 2.20. The highest BCUT2D eigenvalue weighted by Crippen LogP contribution is 2.17. The number of nitrogens with one attached hydrogen (secondary N) is 2. The van der Waals surface area contributed by atoms with Crippen molar-refractivity contribution in [1.82, 2.24) is 9.88 Å². The third-order valence-electron chi connectivity index (χ3n) is 3.68. The average molecular weight is 269 g/mol. The summed E-state index contributed by atoms with van der Waals surface area (Å²) in [5.41, 5.74) is 1.90. The Labute approximate surface area is 118 Å². The molecule has 1 aromatic carbocycles. The summed E-state index contributed by atoms with van der Waals surface area (Å²) in [7, 11) is 0. The monoisotopic (exact) mass is 269 g/mol. The third-order valence-corrected chi connectivity index (χ3v) is 3.68. The molecule has 1 aromatic heterocycles. The molecule has 4 heteroatoms. The predicted octanol–water partition coefficient (Wildman–Crippen LogP) is 2.42. The molecule has 4 nitrogen and oxygen atoms in total. The van der Waals surface area contributed by atoms with E-state index in [1.807, 2.05) is 53.4 Å². The van der Waals surface area contributed by atoms with Gasteiger partial charge in [0.1, 0.15) is 0 Å². The number of rotatable bonds is 3. The summed E-state index contributed by atoms with van der Waals surface area (Å²) in [6.07, 6.45) is 6.02. The standard InChI is InChI=1S/C16H19N3O/c20-16(13-5-4-8-17-12-13)18-14-6-3-7-15(11-14)19-9-1-2-10-19/h1-3,6-7,9-11,13,17H,4-5,8,12H2,(H,18,20). The molecule has 104 valence electrons. The maximum atomic E-state index is 12.2.